The van der Waals surface area contributed by atoms with E-state index in [1.165, 1.54) is 0 Å². The first-order valence-corrected chi connectivity index (χ1v) is 7.92. The quantitative estimate of drug-likeness (QED) is 0.751. The lowest BCUT2D eigenvalue weighted by molar-refractivity contribution is -0.121. The maximum atomic E-state index is 11.9. The van der Waals surface area contributed by atoms with Crippen molar-refractivity contribution >= 4 is 5.91 Å². The maximum absolute atomic E-state index is 11.9. The Morgan fingerprint density at radius 2 is 2.00 bits per heavy atom. The molecule has 0 spiro atoms. The lowest BCUT2D eigenvalue weighted by Crippen LogP contribution is -2.36. The Morgan fingerprint density at radius 1 is 1.29 bits per heavy atom. The number of carbonyl (C=O) groups is 1. The number of nitrogens with one attached hydrogen (secondary N) is 1. The molecule has 21 heavy (non-hydrogen) atoms. The number of amides is 1. The molecule has 1 aliphatic carbocycles. The third-order valence-electron chi connectivity index (χ3n) is 4.34. The Kier molecular flexibility index (Phi) is 6.21. The second-order valence-corrected chi connectivity index (χ2v) is 5.97. The van der Waals surface area contributed by atoms with Crippen molar-refractivity contribution < 1.29 is 9.90 Å². The van der Waals surface area contributed by atoms with Crippen LogP contribution in [-0.4, -0.2) is 23.7 Å². The summed E-state index contributed by atoms with van der Waals surface area (Å²) in [6.07, 6.45) is 4.92. The molecule has 0 bridgehead atoms. The van der Waals surface area contributed by atoms with Gasteiger partial charge in [-0.15, -0.1) is 0 Å². The number of rotatable bonds is 6. The van der Waals surface area contributed by atoms with Crippen molar-refractivity contribution in [2.75, 3.05) is 6.54 Å². The molecular formula is C17H26N2O2. The van der Waals surface area contributed by atoms with Crippen LogP contribution in [0.25, 0.3) is 0 Å². The third kappa shape index (κ3) is 5.14. The van der Waals surface area contributed by atoms with Crippen molar-refractivity contribution in [1.82, 2.24) is 5.32 Å². The minimum atomic E-state index is -0.259. The number of aliphatic hydroxyl groups excluding tert-OH is 1. The Hall–Kier alpha value is -1.39. The fourth-order valence-electron chi connectivity index (χ4n) is 2.91. The van der Waals surface area contributed by atoms with E-state index in [1.54, 1.807) is 0 Å². The zero-order chi connectivity index (χ0) is 15.1. The highest BCUT2D eigenvalue weighted by Crippen LogP contribution is 2.23. The highest BCUT2D eigenvalue weighted by atomic mass is 16.3. The molecule has 2 rings (SSSR count). The summed E-state index contributed by atoms with van der Waals surface area (Å²) in [5, 5.41) is 12.8. The van der Waals surface area contributed by atoms with Gasteiger partial charge in [0.05, 0.1) is 6.10 Å². The molecule has 1 aromatic rings. The second kappa shape index (κ2) is 8.15. The molecule has 4 heteroatoms. The van der Waals surface area contributed by atoms with Gasteiger partial charge in [-0.25, -0.2) is 0 Å². The van der Waals surface area contributed by atoms with Crippen molar-refractivity contribution in [3.05, 3.63) is 35.9 Å². The van der Waals surface area contributed by atoms with Gasteiger partial charge in [0.1, 0.15) is 0 Å². The lowest BCUT2D eigenvalue weighted by atomic mass is 9.86. The van der Waals surface area contributed by atoms with Crippen LogP contribution in [-0.2, 0) is 4.79 Å². The Balaban J connectivity index is 1.67. The summed E-state index contributed by atoms with van der Waals surface area (Å²) in [5.74, 6) is 0.240. The van der Waals surface area contributed by atoms with Crippen LogP contribution < -0.4 is 11.1 Å². The average Bonchev–Trinajstić information content (AvgIpc) is 2.52. The molecule has 0 aliphatic heterocycles. The van der Waals surface area contributed by atoms with E-state index in [0.29, 0.717) is 19.4 Å². The maximum Gasteiger partial charge on any atom is 0.220 e. The molecule has 0 aromatic heterocycles. The number of hydrogen-bond donors (Lipinski definition) is 3. The Morgan fingerprint density at radius 3 is 2.71 bits per heavy atom. The van der Waals surface area contributed by atoms with Crippen LogP contribution in [0.4, 0.5) is 0 Å². The molecule has 3 unspecified atom stereocenters. The molecule has 1 aromatic carbocycles. The van der Waals surface area contributed by atoms with Gasteiger partial charge < -0.3 is 16.2 Å². The molecular weight excluding hydrogens is 264 g/mol. The van der Waals surface area contributed by atoms with E-state index in [1.807, 2.05) is 30.3 Å². The van der Waals surface area contributed by atoms with Crippen molar-refractivity contribution in [2.45, 2.75) is 50.7 Å². The fraction of sp³-hybridized carbons (Fsp3) is 0.588. The number of benzene rings is 1. The topological polar surface area (TPSA) is 75.4 Å². The van der Waals surface area contributed by atoms with Gasteiger partial charge in [0.25, 0.3) is 0 Å². The van der Waals surface area contributed by atoms with Crippen molar-refractivity contribution in [3.8, 4) is 0 Å². The van der Waals surface area contributed by atoms with Gasteiger partial charge in [-0.05, 0) is 24.8 Å². The van der Waals surface area contributed by atoms with E-state index in [0.717, 1.165) is 31.2 Å². The van der Waals surface area contributed by atoms with Crippen LogP contribution >= 0.6 is 0 Å². The Bertz CT molecular complexity index is 436. The van der Waals surface area contributed by atoms with Gasteiger partial charge in [-0.1, -0.05) is 43.2 Å². The molecule has 1 fully saturated rings. The summed E-state index contributed by atoms with van der Waals surface area (Å²) in [6, 6.07) is 9.75. The first-order valence-electron chi connectivity index (χ1n) is 7.92. The molecule has 4 N–H and O–H groups in total. The first-order chi connectivity index (χ1) is 10.2. The van der Waals surface area contributed by atoms with Gasteiger partial charge in [-0.2, -0.15) is 0 Å². The summed E-state index contributed by atoms with van der Waals surface area (Å²) in [5.41, 5.74) is 7.15. The van der Waals surface area contributed by atoms with E-state index in [4.69, 9.17) is 5.73 Å². The minimum absolute atomic E-state index is 0.0270. The highest BCUT2D eigenvalue weighted by Gasteiger charge is 2.23. The van der Waals surface area contributed by atoms with Gasteiger partial charge in [-0.3, -0.25) is 4.79 Å². The summed E-state index contributed by atoms with van der Waals surface area (Å²) in [7, 11) is 0. The zero-order valence-corrected chi connectivity index (χ0v) is 12.5. The second-order valence-electron chi connectivity index (χ2n) is 5.97. The predicted octanol–water partition coefficient (Wildman–Crippen LogP) is 2.13. The molecule has 4 nitrogen and oxygen atoms in total. The molecule has 1 aliphatic rings. The standard InChI is InChI=1S/C17H26N2O2/c18-15(13-6-2-1-3-7-13)10-11-17(21)19-12-14-8-4-5-9-16(14)20/h1-3,6-7,14-16,20H,4-5,8-12,18H2,(H,19,21). The van der Waals surface area contributed by atoms with Crippen LogP contribution in [0.5, 0.6) is 0 Å². The van der Waals surface area contributed by atoms with E-state index in [-0.39, 0.29) is 24.0 Å². The molecule has 0 saturated heterocycles. The number of carbonyl (C=O) groups excluding carboxylic acids is 1. The lowest BCUT2D eigenvalue weighted by Gasteiger charge is -2.27. The fourth-order valence-corrected chi connectivity index (χ4v) is 2.91. The Labute approximate surface area is 126 Å². The van der Waals surface area contributed by atoms with Crippen LogP contribution in [0.15, 0.2) is 30.3 Å². The monoisotopic (exact) mass is 290 g/mol. The van der Waals surface area contributed by atoms with Crippen LogP contribution in [0.2, 0.25) is 0 Å². The predicted molar refractivity (Wildman–Crippen MR) is 83.6 cm³/mol. The van der Waals surface area contributed by atoms with Crippen LogP contribution in [0.1, 0.15) is 50.1 Å². The van der Waals surface area contributed by atoms with Crippen molar-refractivity contribution in [3.63, 3.8) is 0 Å². The molecule has 1 amide bonds. The molecule has 0 heterocycles. The summed E-state index contributed by atoms with van der Waals surface area (Å²) in [6.45, 7) is 0.584. The van der Waals surface area contributed by atoms with E-state index >= 15 is 0 Å². The molecule has 3 atom stereocenters. The van der Waals surface area contributed by atoms with Crippen LogP contribution in [0.3, 0.4) is 0 Å². The largest absolute Gasteiger partial charge is 0.393 e. The SMILES string of the molecule is NC(CCC(=O)NCC1CCCCC1O)c1ccccc1. The molecule has 0 radical (unpaired) electrons. The van der Waals surface area contributed by atoms with Gasteiger partial charge in [0.2, 0.25) is 5.91 Å². The van der Waals surface area contributed by atoms with Gasteiger partial charge in [0, 0.05) is 24.9 Å². The zero-order valence-electron chi connectivity index (χ0n) is 12.5. The summed E-state index contributed by atoms with van der Waals surface area (Å²) < 4.78 is 0. The van der Waals surface area contributed by atoms with E-state index < -0.39 is 0 Å². The van der Waals surface area contributed by atoms with Gasteiger partial charge in [0.15, 0.2) is 0 Å². The number of hydrogen-bond acceptors (Lipinski definition) is 3. The third-order valence-corrected chi connectivity index (χ3v) is 4.34. The van der Waals surface area contributed by atoms with Crippen LogP contribution in [0, 0.1) is 5.92 Å². The minimum Gasteiger partial charge on any atom is -0.393 e. The average molecular weight is 290 g/mol. The summed E-state index contributed by atoms with van der Waals surface area (Å²) >= 11 is 0. The van der Waals surface area contributed by atoms with Crippen molar-refractivity contribution in [1.29, 1.82) is 0 Å². The number of aliphatic hydroxyl groups is 1. The highest BCUT2D eigenvalue weighted by molar-refractivity contribution is 5.75. The van der Waals surface area contributed by atoms with E-state index in [9.17, 15) is 9.90 Å². The van der Waals surface area contributed by atoms with Gasteiger partial charge >= 0.3 is 0 Å². The molecule has 116 valence electrons. The van der Waals surface area contributed by atoms with E-state index in [2.05, 4.69) is 5.32 Å². The first kappa shape index (κ1) is 16.0. The normalized spacial score (nSPS) is 23.5. The smallest absolute Gasteiger partial charge is 0.220 e. The van der Waals surface area contributed by atoms with Crippen molar-refractivity contribution in [2.24, 2.45) is 11.7 Å². The summed E-state index contributed by atoms with van der Waals surface area (Å²) in [4.78, 5) is 11.9. The molecule has 1 saturated carbocycles. The number of nitrogens with two attached hydrogens (primary N) is 1.